The van der Waals surface area contributed by atoms with E-state index in [1.807, 2.05) is 24.3 Å². The minimum absolute atomic E-state index is 0.0392. The summed E-state index contributed by atoms with van der Waals surface area (Å²) >= 11 is 0. The number of methoxy groups -OCH3 is 2. The Bertz CT molecular complexity index is 831. The van der Waals surface area contributed by atoms with Crippen LogP contribution in [0.2, 0.25) is 6.82 Å². The molecule has 4 rings (SSSR count). The van der Waals surface area contributed by atoms with E-state index in [-0.39, 0.29) is 12.5 Å². The quantitative estimate of drug-likeness (QED) is 0.726. The SMILES string of the molecule is COc1ccc2c(c1)OCC(=O)N2C.COc1ccc2c(c1)OCCN2C.[B]C. The van der Waals surface area contributed by atoms with Crippen molar-refractivity contribution in [3.8, 4) is 23.0 Å². The number of ether oxygens (including phenoxy) is 4. The van der Waals surface area contributed by atoms with Gasteiger partial charge < -0.3 is 28.7 Å². The van der Waals surface area contributed by atoms with Crippen LogP contribution in [0.4, 0.5) is 11.4 Å². The van der Waals surface area contributed by atoms with Crippen molar-refractivity contribution in [2.75, 3.05) is 57.9 Å². The molecule has 1 amide bonds. The highest BCUT2D eigenvalue weighted by atomic mass is 16.5. The number of carbonyl (C=O) groups excluding carboxylic acids is 1. The molecular weight excluding hydrogens is 371 g/mol. The predicted molar refractivity (Wildman–Crippen MR) is 115 cm³/mol. The van der Waals surface area contributed by atoms with Crippen LogP contribution in [0.15, 0.2) is 36.4 Å². The van der Waals surface area contributed by atoms with E-state index in [1.165, 1.54) is 6.82 Å². The summed E-state index contributed by atoms with van der Waals surface area (Å²) in [5, 5.41) is 0. The van der Waals surface area contributed by atoms with Gasteiger partial charge in [-0.1, -0.05) is 6.82 Å². The number of rotatable bonds is 2. The van der Waals surface area contributed by atoms with Crippen LogP contribution in [0.25, 0.3) is 0 Å². The number of likely N-dealkylation sites (N-methyl/N-ethyl adjacent to an activating group) is 2. The van der Waals surface area contributed by atoms with Crippen LogP contribution in [0.5, 0.6) is 23.0 Å². The normalized spacial score (nSPS) is 13.9. The van der Waals surface area contributed by atoms with Gasteiger partial charge in [0.1, 0.15) is 29.6 Å². The van der Waals surface area contributed by atoms with E-state index in [2.05, 4.69) is 19.8 Å². The van der Waals surface area contributed by atoms with Crippen molar-refractivity contribution in [2.45, 2.75) is 6.82 Å². The molecule has 2 heterocycles. The number of hydrogen-bond donors (Lipinski definition) is 0. The van der Waals surface area contributed by atoms with E-state index < -0.39 is 0 Å². The van der Waals surface area contributed by atoms with Gasteiger partial charge in [0.15, 0.2) is 6.61 Å². The van der Waals surface area contributed by atoms with Crippen molar-refractivity contribution in [1.29, 1.82) is 0 Å². The average Bonchev–Trinajstić information content (AvgIpc) is 2.78. The van der Waals surface area contributed by atoms with E-state index in [0.29, 0.717) is 5.75 Å². The Kier molecular flexibility index (Phi) is 8.06. The summed E-state index contributed by atoms with van der Waals surface area (Å²) in [6.07, 6.45) is 0. The molecule has 7 nitrogen and oxygen atoms in total. The third-order valence-electron chi connectivity index (χ3n) is 4.52. The zero-order valence-corrected chi connectivity index (χ0v) is 17.6. The van der Waals surface area contributed by atoms with Crippen molar-refractivity contribution in [1.82, 2.24) is 0 Å². The number of benzene rings is 2. The summed E-state index contributed by atoms with van der Waals surface area (Å²) in [7, 11) is 11.6. The Morgan fingerprint density at radius 3 is 2.03 bits per heavy atom. The maximum absolute atomic E-state index is 11.3. The average molecular weight is 398 g/mol. The van der Waals surface area contributed by atoms with Crippen molar-refractivity contribution in [3.63, 3.8) is 0 Å². The standard InChI is InChI=1S/C10H11NO3.C10H13NO2.CH3B/c1-11-8-4-3-7(13-2)5-9(8)14-6-10(11)12;1-11-5-6-13-10-7-8(12-2)3-4-9(10)11;1-2/h3-5H,6H2,1-2H3;3-4,7H,5-6H2,1-2H3;1H3. The van der Waals surface area contributed by atoms with Gasteiger partial charge in [-0.05, 0) is 24.3 Å². The smallest absolute Gasteiger partial charge is 0.264 e. The first-order valence-electron chi connectivity index (χ1n) is 9.20. The third kappa shape index (κ3) is 5.28. The van der Waals surface area contributed by atoms with E-state index in [1.54, 1.807) is 38.3 Å². The van der Waals surface area contributed by atoms with E-state index in [9.17, 15) is 4.79 Å². The Labute approximate surface area is 173 Å². The van der Waals surface area contributed by atoms with E-state index >= 15 is 0 Å². The molecule has 2 aliphatic rings. The molecular formula is C21H27BN2O5. The van der Waals surface area contributed by atoms with Gasteiger partial charge in [-0.25, -0.2) is 0 Å². The third-order valence-corrected chi connectivity index (χ3v) is 4.52. The minimum atomic E-state index is -0.0392. The minimum Gasteiger partial charge on any atom is -0.497 e. The highest BCUT2D eigenvalue weighted by molar-refractivity contribution is 6.05. The summed E-state index contributed by atoms with van der Waals surface area (Å²) in [5.74, 6) is 3.13. The first-order valence-corrected chi connectivity index (χ1v) is 9.20. The fourth-order valence-electron chi connectivity index (χ4n) is 2.85. The van der Waals surface area contributed by atoms with Gasteiger partial charge in [-0.2, -0.15) is 0 Å². The van der Waals surface area contributed by atoms with Gasteiger partial charge in [-0.3, -0.25) is 4.79 Å². The maximum atomic E-state index is 11.3. The summed E-state index contributed by atoms with van der Waals surface area (Å²) < 4.78 is 21.0. The molecule has 0 unspecified atom stereocenters. The van der Waals surface area contributed by atoms with Crippen LogP contribution in [-0.4, -0.2) is 61.8 Å². The molecule has 0 aromatic heterocycles. The number of amides is 1. The monoisotopic (exact) mass is 398 g/mol. The van der Waals surface area contributed by atoms with Crippen molar-refractivity contribution in [2.24, 2.45) is 0 Å². The van der Waals surface area contributed by atoms with Crippen LogP contribution < -0.4 is 28.7 Å². The zero-order valence-electron chi connectivity index (χ0n) is 17.6. The molecule has 2 radical (unpaired) electrons. The number of hydrogen-bond acceptors (Lipinski definition) is 6. The van der Waals surface area contributed by atoms with Crippen LogP contribution in [0, 0.1) is 0 Å². The molecule has 2 aromatic rings. The largest absolute Gasteiger partial charge is 0.497 e. The topological polar surface area (TPSA) is 60.5 Å². The lowest BCUT2D eigenvalue weighted by atomic mass is 10.2. The first kappa shape index (κ1) is 22.3. The predicted octanol–water partition coefficient (Wildman–Crippen LogP) is 2.78. The molecule has 0 N–H and O–H groups in total. The van der Waals surface area contributed by atoms with Crippen molar-refractivity contribution < 1.29 is 23.7 Å². The first-order chi connectivity index (χ1) is 14.0. The summed E-state index contributed by atoms with van der Waals surface area (Å²) in [6.45, 7) is 3.28. The molecule has 29 heavy (non-hydrogen) atoms. The Balaban J connectivity index is 0.000000191. The van der Waals surface area contributed by atoms with Gasteiger partial charge in [0.25, 0.3) is 5.91 Å². The lowest BCUT2D eigenvalue weighted by Crippen LogP contribution is -2.35. The number of fused-ring (bicyclic) bond motifs is 2. The van der Waals surface area contributed by atoms with Gasteiger partial charge in [0, 0.05) is 26.2 Å². The van der Waals surface area contributed by atoms with Crippen LogP contribution in [-0.2, 0) is 4.79 Å². The second kappa shape index (κ2) is 10.5. The molecule has 0 fully saturated rings. The Morgan fingerprint density at radius 1 is 0.897 bits per heavy atom. The van der Waals surface area contributed by atoms with Gasteiger partial charge in [0.05, 0.1) is 40.0 Å². The maximum Gasteiger partial charge on any atom is 0.264 e. The number of nitrogens with zero attached hydrogens (tertiary/aromatic N) is 2. The highest BCUT2D eigenvalue weighted by Gasteiger charge is 2.22. The fraction of sp³-hybridized carbons (Fsp3) is 0.381. The van der Waals surface area contributed by atoms with Gasteiger partial charge in [0.2, 0.25) is 0 Å². The fourth-order valence-corrected chi connectivity index (χ4v) is 2.85. The molecule has 0 spiro atoms. The Morgan fingerprint density at radius 2 is 1.45 bits per heavy atom. The van der Waals surface area contributed by atoms with Crippen LogP contribution in [0.3, 0.4) is 0 Å². The summed E-state index contributed by atoms with van der Waals surface area (Å²) in [6, 6.07) is 11.3. The van der Waals surface area contributed by atoms with Crippen molar-refractivity contribution >= 4 is 25.1 Å². The molecule has 2 aliphatic heterocycles. The summed E-state index contributed by atoms with van der Waals surface area (Å²) in [5.41, 5.74) is 1.91. The van der Waals surface area contributed by atoms with E-state index in [4.69, 9.17) is 18.9 Å². The van der Waals surface area contributed by atoms with Crippen molar-refractivity contribution in [3.05, 3.63) is 36.4 Å². The molecule has 0 saturated carbocycles. The molecule has 2 aromatic carbocycles. The lowest BCUT2D eigenvalue weighted by Gasteiger charge is -2.27. The highest BCUT2D eigenvalue weighted by Crippen LogP contribution is 2.34. The van der Waals surface area contributed by atoms with Crippen LogP contribution >= 0.6 is 0 Å². The molecule has 0 aliphatic carbocycles. The molecule has 0 saturated heterocycles. The van der Waals surface area contributed by atoms with Gasteiger partial charge >= 0.3 is 0 Å². The Hall–Kier alpha value is -3.03. The second-order valence-electron chi connectivity index (χ2n) is 6.18. The summed E-state index contributed by atoms with van der Waals surface area (Å²) in [4.78, 5) is 15.0. The zero-order chi connectivity index (χ0) is 21.4. The molecule has 8 heteroatoms. The molecule has 0 atom stereocenters. The molecule has 154 valence electrons. The lowest BCUT2D eigenvalue weighted by molar-refractivity contribution is -0.120. The molecule has 0 bridgehead atoms. The number of carbonyl (C=O) groups is 1. The van der Waals surface area contributed by atoms with E-state index in [0.717, 1.165) is 41.8 Å². The van der Waals surface area contributed by atoms with Crippen LogP contribution in [0.1, 0.15) is 0 Å². The van der Waals surface area contributed by atoms with Gasteiger partial charge in [-0.15, -0.1) is 0 Å². The second-order valence-corrected chi connectivity index (χ2v) is 6.18. The number of anilines is 2.